The first kappa shape index (κ1) is 13.4. The Labute approximate surface area is 110 Å². The van der Waals surface area contributed by atoms with Crippen molar-refractivity contribution in [3.8, 4) is 0 Å². The van der Waals surface area contributed by atoms with Crippen LogP contribution >= 0.6 is 15.9 Å². The van der Waals surface area contributed by atoms with Gasteiger partial charge in [0.1, 0.15) is 6.61 Å². The van der Waals surface area contributed by atoms with Crippen molar-refractivity contribution in [2.24, 2.45) is 0 Å². The van der Waals surface area contributed by atoms with E-state index in [1.165, 1.54) is 0 Å². The smallest absolute Gasteiger partial charge is 0.370 e. The fraction of sp³-hybridized carbons (Fsp3) is 0.333. The van der Waals surface area contributed by atoms with Gasteiger partial charge in [-0.05, 0) is 18.2 Å². The third kappa shape index (κ3) is 3.26. The van der Waals surface area contributed by atoms with Crippen LogP contribution in [0, 0.1) is 0 Å². The largest absolute Gasteiger partial charge is 0.411 e. The van der Waals surface area contributed by atoms with Gasteiger partial charge >= 0.3 is 6.18 Å². The van der Waals surface area contributed by atoms with Crippen molar-refractivity contribution in [2.75, 3.05) is 13.2 Å². The highest BCUT2D eigenvalue weighted by atomic mass is 79.9. The summed E-state index contributed by atoms with van der Waals surface area (Å²) >= 11 is 3.42. The summed E-state index contributed by atoms with van der Waals surface area (Å²) in [5, 5.41) is 1.04. The Bertz CT molecular complexity index is 536. The van der Waals surface area contributed by atoms with E-state index >= 15 is 0 Å². The van der Waals surface area contributed by atoms with Crippen molar-refractivity contribution in [1.82, 2.24) is 4.57 Å². The van der Waals surface area contributed by atoms with Gasteiger partial charge in [-0.15, -0.1) is 0 Å². The lowest BCUT2D eigenvalue weighted by atomic mass is 10.2. The molecule has 1 heterocycles. The number of hydrogen-bond acceptors (Lipinski definition) is 1. The molecule has 18 heavy (non-hydrogen) atoms. The molecule has 0 aliphatic carbocycles. The lowest BCUT2D eigenvalue weighted by Gasteiger charge is -2.09. The van der Waals surface area contributed by atoms with Gasteiger partial charge in [-0.3, -0.25) is 0 Å². The zero-order valence-corrected chi connectivity index (χ0v) is 11.0. The molecule has 2 nitrogen and oxygen atoms in total. The minimum absolute atomic E-state index is 0.0375. The van der Waals surface area contributed by atoms with Crippen molar-refractivity contribution in [3.63, 3.8) is 0 Å². The highest BCUT2D eigenvalue weighted by molar-refractivity contribution is 9.10. The molecular formula is C12H11BrF3NO. The van der Waals surface area contributed by atoms with Crippen LogP contribution in [0.15, 0.2) is 34.9 Å². The fourth-order valence-electron chi connectivity index (χ4n) is 1.73. The molecule has 1 aromatic heterocycles. The van der Waals surface area contributed by atoms with Gasteiger partial charge in [-0.2, -0.15) is 13.2 Å². The Morgan fingerprint density at radius 2 is 2.00 bits per heavy atom. The monoisotopic (exact) mass is 321 g/mol. The predicted molar refractivity (Wildman–Crippen MR) is 66.5 cm³/mol. The van der Waals surface area contributed by atoms with Crippen LogP contribution in [0.25, 0.3) is 10.9 Å². The average Bonchev–Trinajstić information content (AvgIpc) is 2.68. The molecule has 0 atom stereocenters. The van der Waals surface area contributed by atoms with E-state index in [4.69, 9.17) is 0 Å². The van der Waals surface area contributed by atoms with Gasteiger partial charge in [0.15, 0.2) is 0 Å². The Balaban J connectivity index is 1.98. The van der Waals surface area contributed by atoms with Crippen LogP contribution in [-0.2, 0) is 11.3 Å². The average molecular weight is 322 g/mol. The summed E-state index contributed by atoms with van der Waals surface area (Å²) in [4.78, 5) is 0. The Hall–Kier alpha value is -1.01. The standard InChI is InChI=1S/C12H11BrF3NO/c13-10-2-1-3-11-9(10)4-5-17(11)6-7-18-8-12(14,15)16/h1-5H,6-8H2. The van der Waals surface area contributed by atoms with E-state index in [0.717, 1.165) is 15.4 Å². The van der Waals surface area contributed by atoms with E-state index in [1.54, 1.807) is 0 Å². The summed E-state index contributed by atoms with van der Waals surface area (Å²) in [6, 6.07) is 7.65. The molecule has 0 amide bonds. The third-order valence-electron chi connectivity index (χ3n) is 2.50. The lowest BCUT2D eigenvalue weighted by molar-refractivity contribution is -0.174. The molecule has 0 unspecified atom stereocenters. The first-order valence-corrected chi connectivity index (χ1v) is 6.14. The summed E-state index contributed by atoms with van der Waals surface area (Å²) in [5.41, 5.74) is 0.972. The summed E-state index contributed by atoms with van der Waals surface area (Å²) in [6.45, 7) is -0.762. The minimum Gasteiger partial charge on any atom is -0.370 e. The van der Waals surface area contributed by atoms with Crippen LogP contribution in [0.2, 0.25) is 0 Å². The second-order valence-electron chi connectivity index (χ2n) is 3.85. The number of fused-ring (bicyclic) bond motifs is 1. The summed E-state index contributed by atoms with van der Waals surface area (Å²) in [7, 11) is 0. The lowest BCUT2D eigenvalue weighted by Crippen LogP contribution is -2.18. The summed E-state index contributed by atoms with van der Waals surface area (Å²) in [5.74, 6) is 0. The maximum absolute atomic E-state index is 11.9. The zero-order valence-electron chi connectivity index (χ0n) is 9.38. The van der Waals surface area contributed by atoms with Gasteiger partial charge in [0.25, 0.3) is 0 Å². The van der Waals surface area contributed by atoms with Crippen molar-refractivity contribution in [3.05, 3.63) is 34.9 Å². The molecule has 0 N–H and O–H groups in total. The van der Waals surface area contributed by atoms with Gasteiger partial charge < -0.3 is 9.30 Å². The number of ether oxygens (including phenoxy) is 1. The van der Waals surface area contributed by atoms with Crippen molar-refractivity contribution in [2.45, 2.75) is 12.7 Å². The molecule has 0 saturated heterocycles. The molecule has 0 aliphatic rings. The molecule has 1 aromatic carbocycles. The Kier molecular flexibility index (Phi) is 3.97. The first-order chi connectivity index (χ1) is 8.47. The van der Waals surface area contributed by atoms with Gasteiger partial charge in [0, 0.05) is 28.1 Å². The summed E-state index contributed by atoms with van der Waals surface area (Å²) in [6.07, 6.45) is -2.42. The molecule has 0 saturated carbocycles. The van der Waals surface area contributed by atoms with Gasteiger partial charge in [-0.1, -0.05) is 22.0 Å². The molecule has 0 aliphatic heterocycles. The quantitative estimate of drug-likeness (QED) is 0.777. The van der Waals surface area contributed by atoms with E-state index in [1.807, 2.05) is 35.0 Å². The zero-order chi connectivity index (χ0) is 13.2. The van der Waals surface area contributed by atoms with Crippen LogP contribution in [-0.4, -0.2) is 24.0 Å². The van der Waals surface area contributed by atoms with Gasteiger partial charge in [0.05, 0.1) is 6.61 Å². The Morgan fingerprint density at radius 1 is 1.22 bits per heavy atom. The van der Waals surface area contributed by atoms with Crippen LogP contribution in [0.5, 0.6) is 0 Å². The second-order valence-corrected chi connectivity index (χ2v) is 4.70. The normalized spacial score (nSPS) is 12.2. The van der Waals surface area contributed by atoms with E-state index < -0.39 is 12.8 Å². The molecule has 0 fully saturated rings. The van der Waals surface area contributed by atoms with Gasteiger partial charge in [0.2, 0.25) is 0 Å². The first-order valence-electron chi connectivity index (χ1n) is 5.35. The predicted octanol–water partition coefficient (Wildman–Crippen LogP) is 3.98. The molecule has 0 radical (unpaired) electrons. The number of nitrogens with zero attached hydrogens (tertiary/aromatic N) is 1. The molecule has 2 rings (SSSR count). The molecule has 0 bridgehead atoms. The van der Waals surface area contributed by atoms with E-state index in [0.29, 0.717) is 6.54 Å². The minimum atomic E-state index is -4.26. The number of aromatic nitrogens is 1. The van der Waals surface area contributed by atoms with Gasteiger partial charge in [-0.25, -0.2) is 0 Å². The van der Waals surface area contributed by atoms with E-state index in [9.17, 15) is 13.2 Å². The third-order valence-corrected chi connectivity index (χ3v) is 3.19. The Morgan fingerprint density at radius 3 is 2.72 bits per heavy atom. The van der Waals surface area contributed by atoms with Crippen molar-refractivity contribution < 1.29 is 17.9 Å². The molecular weight excluding hydrogens is 311 g/mol. The van der Waals surface area contributed by atoms with Crippen LogP contribution in [0.3, 0.4) is 0 Å². The van der Waals surface area contributed by atoms with Crippen LogP contribution < -0.4 is 0 Å². The number of alkyl halides is 3. The highest BCUT2D eigenvalue weighted by Gasteiger charge is 2.27. The van der Waals surface area contributed by atoms with Crippen molar-refractivity contribution in [1.29, 1.82) is 0 Å². The maximum Gasteiger partial charge on any atom is 0.411 e. The van der Waals surface area contributed by atoms with E-state index in [-0.39, 0.29) is 6.61 Å². The maximum atomic E-state index is 11.9. The van der Waals surface area contributed by atoms with Crippen molar-refractivity contribution >= 4 is 26.8 Å². The molecule has 6 heteroatoms. The highest BCUT2D eigenvalue weighted by Crippen LogP contribution is 2.24. The number of rotatable bonds is 4. The van der Waals surface area contributed by atoms with E-state index in [2.05, 4.69) is 20.7 Å². The molecule has 98 valence electrons. The fourth-order valence-corrected chi connectivity index (χ4v) is 2.22. The van der Waals surface area contributed by atoms with Crippen LogP contribution in [0.1, 0.15) is 0 Å². The SMILES string of the molecule is FC(F)(F)COCCn1ccc2c(Br)cccc21. The molecule has 2 aromatic rings. The number of benzene rings is 1. The topological polar surface area (TPSA) is 14.2 Å². The number of hydrogen-bond donors (Lipinski definition) is 0. The number of halogens is 4. The van der Waals surface area contributed by atoms with Crippen LogP contribution in [0.4, 0.5) is 13.2 Å². The molecule has 0 spiro atoms. The second kappa shape index (κ2) is 5.32. The summed E-state index contributed by atoms with van der Waals surface area (Å²) < 4.78 is 43.1.